The molecular formula is C18H21BrN2O3S2. The summed E-state index contributed by atoms with van der Waals surface area (Å²) in [6, 6.07) is 6.30. The molecule has 1 heterocycles. The van der Waals surface area contributed by atoms with Crippen molar-refractivity contribution >= 4 is 48.1 Å². The molecule has 8 heteroatoms. The number of thiazole rings is 1. The van der Waals surface area contributed by atoms with E-state index in [9.17, 15) is 13.2 Å². The summed E-state index contributed by atoms with van der Waals surface area (Å²) in [7, 11) is -3.84. The third kappa shape index (κ3) is 3.73. The number of aryl methyl sites for hydroxylation is 2. The Kier molecular flexibility index (Phi) is 5.55. The Balaban J connectivity index is 1.83. The van der Waals surface area contributed by atoms with Crippen LogP contribution < -0.4 is 5.32 Å². The van der Waals surface area contributed by atoms with Gasteiger partial charge in [0.05, 0.1) is 10.6 Å². The number of carbonyl (C=O) groups excluding carboxylic acids is 1. The van der Waals surface area contributed by atoms with E-state index in [0.717, 1.165) is 35.8 Å². The quantitative estimate of drug-likeness (QED) is 0.692. The lowest BCUT2D eigenvalue weighted by molar-refractivity contribution is -0.117. The van der Waals surface area contributed by atoms with E-state index in [4.69, 9.17) is 0 Å². The Morgan fingerprint density at radius 3 is 2.50 bits per heavy atom. The molecule has 5 nitrogen and oxygen atoms in total. The predicted molar refractivity (Wildman–Crippen MR) is 107 cm³/mol. The van der Waals surface area contributed by atoms with Gasteiger partial charge in [-0.25, -0.2) is 13.4 Å². The van der Waals surface area contributed by atoms with Crippen molar-refractivity contribution < 1.29 is 13.2 Å². The molecule has 0 aliphatic heterocycles. The van der Waals surface area contributed by atoms with Gasteiger partial charge >= 0.3 is 0 Å². The van der Waals surface area contributed by atoms with Crippen molar-refractivity contribution in [2.45, 2.75) is 55.6 Å². The van der Waals surface area contributed by atoms with Crippen molar-refractivity contribution in [2.24, 2.45) is 0 Å². The number of amides is 1. The molecule has 1 amide bonds. The molecule has 0 saturated carbocycles. The van der Waals surface area contributed by atoms with E-state index in [1.807, 2.05) is 0 Å². The molecular weight excluding hydrogens is 436 g/mol. The first-order chi connectivity index (χ1) is 12.2. The number of sulfone groups is 1. The van der Waals surface area contributed by atoms with Gasteiger partial charge in [0.1, 0.15) is 4.75 Å². The van der Waals surface area contributed by atoms with Gasteiger partial charge in [-0.15, -0.1) is 11.3 Å². The lowest BCUT2D eigenvalue weighted by Gasteiger charge is -2.23. The van der Waals surface area contributed by atoms with Gasteiger partial charge in [0.25, 0.3) is 0 Å². The molecule has 0 unspecified atom stereocenters. The number of nitrogens with one attached hydrogen (secondary N) is 1. The van der Waals surface area contributed by atoms with Crippen LogP contribution in [0, 0.1) is 0 Å². The van der Waals surface area contributed by atoms with Crippen LogP contribution in [0.5, 0.6) is 0 Å². The highest BCUT2D eigenvalue weighted by Gasteiger charge is 2.43. The molecule has 0 radical (unpaired) electrons. The average Bonchev–Trinajstić information content (AvgIpc) is 2.83. The lowest BCUT2D eigenvalue weighted by atomic mass is 10.2. The van der Waals surface area contributed by atoms with E-state index in [1.54, 1.807) is 12.1 Å². The minimum absolute atomic E-state index is 0.121. The lowest BCUT2D eigenvalue weighted by Crippen LogP contribution is -2.44. The fraction of sp³-hybridized carbons (Fsp3) is 0.444. The molecule has 1 aromatic heterocycles. The second-order valence-corrected chi connectivity index (χ2v) is 11.4. The summed E-state index contributed by atoms with van der Waals surface area (Å²) < 4.78 is 25.1. The summed E-state index contributed by atoms with van der Waals surface area (Å²) in [5, 5.41) is 3.21. The van der Waals surface area contributed by atoms with Gasteiger partial charge in [-0.1, -0.05) is 22.4 Å². The van der Waals surface area contributed by atoms with Crippen LogP contribution >= 0.6 is 27.3 Å². The molecule has 1 aliphatic rings. The van der Waals surface area contributed by atoms with Gasteiger partial charge in [0.15, 0.2) is 15.0 Å². The molecule has 140 valence electrons. The smallest absolute Gasteiger partial charge is 0.247 e. The number of anilines is 1. The van der Waals surface area contributed by atoms with Crippen LogP contribution in [-0.4, -0.2) is 24.1 Å². The average molecular weight is 457 g/mol. The molecule has 1 aliphatic carbocycles. The molecule has 1 N–H and O–H groups in total. The molecule has 0 bridgehead atoms. The number of fused-ring (bicyclic) bond motifs is 1. The van der Waals surface area contributed by atoms with Crippen LogP contribution in [0.1, 0.15) is 43.7 Å². The maximum Gasteiger partial charge on any atom is 0.247 e. The van der Waals surface area contributed by atoms with E-state index >= 15 is 0 Å². The van der Waals surface area contributed by atoms with Crippen LogP contribution in [0.15, 0.2) is 33.6 Å². The summed E-state index contributed by atoms with van der Waals surface area (Å²) in [5.74, 6) is -0.565. The fourth-order valence-electron chi connectivity index (χ4n) is 2.86. The summed E-state index contributed by atoms with van der Waals surface area (Å²) >= 11 is 4.75. The number of halogens is 1. The highest BCUT2D eigenvalue weighted by Crippen LogP contribution is 2.31. The third-order valence-corrected chi connectivity index (χ3v) is 8.68. The van der Waals surface area contributed by atoms with Gasteiger partial charge in [-0.3, -0.25) is 4.79 Å². The van der Waals surface area contributed by atoms with E-state index in [0.29, 0.717) is 5.13 Å². The zero-order chi connectivity index (χ0) is 18.9. The second-order valence-electron chi connectivity index (χ2n) is 6.87. The first-order valence-corrected chi connectivity index (χ1v) is 11.6. The number of carbonyl (C=O) groups is 1. The minimum Gasteiger partial charge on any atom is -0.301 e. The molecule has 1 aromatic carbocycles. The van der Waals surface area contributed by atoms with Gasteiger partial charge in [0, 0.05) is 9.35 Å². The summed E-state index contributed by atoms with van der Waals surface area (Å²) in [5.41, 5.74) is 1.04. The Hall–Kier alpha value is -1.25. The van der Waals surface area contributed by atoms with Crippen molar-refractivity contribution in [3.63, 3.8) is 0 Å². The van der Waals surface area contributed by atoms with Gasteiger partial charge < -0.3 is 5.32 Å². The van der Waals surface area contributed by atoms with Crippen LogP contribution in [0.25, 0.3) is 0 Å². The molecule has 0 atom stereocenters. The number of aromatic nitrogens is 1. The monoisotopic (exact) mass is 456 g/mol. The maximum absolute atomic E-state index is 12.9. The SMILES string of the molecule is CC(C)(C(=O)Nc1nc2c(s1)CCCCC2)S(=O)(=O)c1ccc(Br)cc1. The number of benzene rings is 1. The number of rotatable bonds is 4. The highest BCUT2D eigenvalue weighted by atomic mass is 79.9. The Morgan fingerprint density at radius 2 is 1.81 bits per heavy atom. The fourth-order valence-corrected chi connectivity index (χ4v) is 5.55. The first kappa shape index (κ1) is 19.5. The Morgan fingerprint density at radius 1 is 1.15 bits per heavy atom. The van der Waals surface area contributed by atoms with E-state index < -0.39 is 20.5 Å². The molecule has 0 saturated heterocycles. The zero-order valence-corrected chi connectivity index (χ0v) is 17.9. The molecule has 0 fully saturated rings. The van der Waals surface area contributed by atoms with Crippen molar-refractivity contribution in [3.8, 4) is 0 Å². The minimum atomic E-state index is -3.84. The highest BCUT2D eigenvalue weighted by molar-refractivity contribution is 9.10. The van der Waals surface area contributed by atoms with Crippen molar-refractivity contribution in [3.05, 3.63) is 39.3 Å². The van der Waals surface area contributed by atoms with Crippen molar-refractivity contribution in [1.29, 1.82) is 0 Å². The molecule has 26 heavy (non-hydrogen) atoms. The number of hydrogen-bond acceptors (Lipinski definition) is 5. The summed E-state index contributed by atoms with van der Waals surface area (Å²) in [6.07, 6.45) is 5.33. The first-order valence-electron chi connectivity index (χ1n) is 8.52. The normalized spacial score (nSPS) is 15.2. The van der Waals surface area contributed by atoms with Gasteiger partial charge in [-0.2, -0.15) is 0 Å². The van der Waals surface area contributed by atoms with E-state index in [2.05, 4.69) is 26.2 Å². The Labute approximate surface area is 166 Å². The third-order valence-electron chi connectivity index (χ3n) is 4.66. The standard InChI is InChI=1S/C18H21BrN2O3S2/c1-18(2,26(23,24)13-10-8-12(19)9-11-13)16(22)21-17-20-14-6-4-3-5-7-15(14)25-17/h8-11H,3-7H2,1-2H3,(H,20,21,22). The molecule has 2 aromatic rings. The predicted octanol–water partition coefficient (Wildman–Crippen LogP) is 4.37. The van der Waals surface area contributed by atoms with Crippen LogP contribution in [0.2, 0.25) is 0 Å². The Bertz CT molecular complexity index is 895. The molecule has 3 rings (SSSR count). The second kappa shape index (κ2) is 7.40. The van der Waals surface area contributed by atoms with Crippen LogP contribution in [-0.2, 0) is 27.5 Å². The van der Waals surface area contributed by atoms with Crippen molar-refractivity contribution in [1.82, 2.24) is 4.98 Å². The number of nitrogens with zero attached hydrogens (tertiary/aromatic N) is 1. The van der Waals surface area contributed by atoms with Crippen molar-refractivity contribution in [2.75, 3.05) is 5.32 Å². The van der Waals surface area contributed by atoms with Gasteiger partial charge in [-0.05, 0) is 63.8 Å². The maximum atomic E-state index is 12.9. The topological polar surface area (TPSA) is 76.1 Å². The van der Waals surface area contributed by atoms with E-state index in [1.165, 1.54) is 48.6 Å². The van der Waals surface area contributed by atoms with Crippen LogP contribution in [0.3, 0.4) is 0 Å². The van der Waals surface area contributed by atoms with Gasteiger partial charge in [0.2, 0.25) is 5.91 Å². The summed E-state index contributed by atoms with van der Waals surface area (Å²) in [4.78, 5) is 18.6. The largest absolute Gasteiger partial charge is 0.301 e. The summed E-state index contributed by atoms with van der Waals surface area (Å²) in [6.45, 7) is 2.86. The number of hydrogen-bond donors (Lipinski definition) is 1. The zero-order valence-electron chi connectivity index (χ0n) is 14.7. The van der Waals surface area contributed by atoms with E-state index in [-0.39, 0.29) is 4.90 Å². The molecule has 0 spiro atoms. The van der Waals surface area contributed by atoms with Crippen LogP contribution in [0.4, 0.5) is 5.13 Å².